The third-order valence-electron chi connectivity index (χ3n) is 14.8. The van der Waals surface area contributed by atoms with Crippen LogP contribution in [0.3, 0.4) is 0 Å². The van der Waals surface area contributed by atoms with Crippen molar-refractivity contribution in [2.75, 3.05) is 45.1 Å². The third-order valence-corrected chi connectivity index (χ3v) is 15.8. The summed E-state index contributed by atoms with van der Waals surface area (Å²) in [6.45, 7) is 11.6. The van der Waals surface area contributed by atoms with E-state index in [1.807, 2.05) is 87.8 Å². The van der Waals surface area contributed by atoms with Gasteiger partial charge in [-0.05, 0) is 103 Å². The summed E-state index contributed by atoms with van der Waals surface area (Å²) < 4.78 is 17.7. The average Bonchev–Trinajstić information content (AvgIpc) is 4.14. The summed E-state index contributed by atoms with van der Waals surface area (Å²) in [6, 6.07) is 25.2. The van der Waals surface area contributed by atoms with Gasteiger partial charge in [-0.25, -0.2) is 4.98 Å². The van der Waals surface area contributed by atoms with Gasteiger partial charge in [0, 0.05) is 56.1 Å². The lowest BCUT2D eigenvalue weighted by Crippen LogP contribution is -2.51. The van der Waals surface area contributed by atoms with Crippen molar-refractivity contribution in [3.8, 4) is 39.1 Å². The number of phenols is 1. The lowest BCUT2D eigenvalue weighted by Gasteiger charge is -2.51. The van der Waals surface area contributed by atoms with Gasteiger partial charge in [0.25, 0.3) is 5.88 Å². The molecule has 0 bridgehead atoms. The summed E-state index contributed by atoms with van der Waals surface area (Å²) in [5.41, 5.74) is 14.1. The molecule has 3 aliphatic rings. The maximum absolute atomic E-state index is 14.2. The number of ether oxygens (including phenoxy) is 2. The molecule has 73 heavy (non-hydrogen) atoms. The molecule has 1 aliphatic carbocycles. The average molecular weight is 1010 g/mol. The highest BCUT2D eigenvalue weighted by molar-refractivity contribution is 7.13. The molecule has 3 aromatic carbocycles. The Labute approximate surface area is 429 Å². The molecule has 18 heteroatoms. The highest BCUT2D eigenvalue weighted by Gasteiger charge is 2.48. The molecule has 2 aliphatic heterocycles. The highest BCUT2D eigenvalue weighted by atomic mass is 32.1. The van der Waals surface area contributed by atoms with E-state index in [2.05, 4.69) is 35.9 Å². The number of para-hydroxylation sites is 1. The van der Waals surface area contributed by atoms with Crippen molar-refractivity contribution in [1.29, 1.82) is 0 Å². The predicted octanol–water partition coefficient (Wildman–Crippen LogP) is 7.24. The maximum Gasteiger partial charge on any atom is 0.254 e. The van der Waals surface area contributed by atoms with E-state index >= 15 is 0 Å². The van der Waals surface area contributed by atoms with Crippen LogP contribution in [0.25, 0.3) is 21.7 Å². The summed E-state index contributed by atoms with van der Waals surface area (Å²) in [5, 5.41) is 39.4. The van der Waals surface area contributed by atoms with Crippen LogP contribution in [0, 0.1) is 24.2 Å². The molecule has 0 unspecified atom stereocenters. The largest absolute Gasteiger partial charge is 0.507 e. The molecule has 384 valence electrons. The molecule has 6 aromatic rings. The van der Waals surface area contributed by atoms with Gasteiger partial charge in [0.1, 0.15) is 30.0 Å². The van der Waals surface area contributed by atoms with E-state index in [4.69, 9.17) is 19.7 Å². The summed E-state index contributed by atoms with van der Waals surface area (Å²) in [5.74, 6) is -0.0779. The second kappa shape index (κ2) is 22.5. The Balaban J connectivity index is 0.674. The van der Waals surface area contributed by atoms with E-state index in [0.717, 1.165) is 71.6 Å². The molecule has 3 fully saturated rings. The van der Waals surface area contributed by atoms with Gasteiger partial charge >= 0.3 is 0 Å². The smallest absolute Gasteiger partial charge is 0.254 e. The van der Waals surface area contributed by atoms with Crippen LogP contribution in [-0.2, 0) is 27.3 Å². The number of likely N-dealkylation sites (tertiary alicyclic amines) is 2. The van der Waals surface area contributed by atoms with E-state index in [-0.39, 0.29) is 65.5 Å². The lowest BCUT2D eigenvalue weighted by molar-refractivity contribution is -0.141. The first-order valence-corrected chi connectivity index (χ1v) is 26.1. The number of piperidine rings is 1. The van der Waals surface area contributed by atoms with Gasteiger partial charge in [0.15, 0.2) is 17.3 Å². The van der Waals surface area contributed by atoms with E-state index in [1.54, 1.807) is 41.7 Å². The van der Waals surface area contributed by atoms with Gasteiger partial charge in [-0.1, -0.05) is 74.5 Å². The molecular weight excluding hydrogens is 947 g/mol. The standard InChI is InChI=1S/C55H65N9O8S/c1-33(2)49(54(69)64-31-41(65)25-44(64)53(68)59-34(3)38-13-15-39(16-14-38)50-35(4)58-32-73-50)46-27-48(62-72-46)71-24-22-63-20-18-55(19-21-63)28-40(29-55)52(67)57-30-37-11-9-36(10-12-37)17-23-70-47-26-43(60-61-51(47)56)42-7-5-6-8-45(42)66/h5-16,26-27,32-34,40-41,44,49,65-66H,17-25,28-31H2,1-4H3,(H2,56,61)(H,57,67)(H,59,68)/t34-,41+,44-,49+/m0/s1. The zero-order valence-corrected chi connectivity index (χ0v) is 42.6. The number of aromatic nitrogens is 4. The number of nitrogens with one attached hydrogen (secondary N) is 2. The molecule has 1 saturated carbocycles. The predicted molar refractivity (Wildman–Crippen MR) is 276 cm³/mol. The first-order chi connectivity index (χ1) is 35.2. The number of nitrogens with two attached hydrogens (primary N) is 1. The van der Waals surface area contributed by atoms with Gasteiger partial charge in [0.05, 0.1) is 34.8 Å². The Morgan fingerprint density at radius 2 is 1.67 bits per heavy atom. The molecule has 5 heterocycles. The molecule has 3 aromatic heterocycles. The van der Waals surface area contributed by atoms with Crippen LogP contribution in [-0.4, -0.2) is 110 Å². The molecular formula is C55H65N9O8S. The normalized spacial score (nSPS) is 18.6. The molecule has 2 saturated heterocycles. The van der Waals surface area contributed by atoms with Crippen LogP contribution in [0.15, 0.2) is 95.0 Å². The number of phenolic OH excluding ortho intramolecular Hbond substituents is 1. The highest BCUT2D eigenvalue weighted by Crippen LogP contribution is 2.52. The maximum atomic E-state index is 14.2. The molecule has 1 spiro atoms. The number of hydrogen-bond donors (Lipinski definition) is 5. The Kier molecular flexibility index (Phi) is 15.7. The quantitative estimate of drug-likeness (QED) is 0.0539. The molecule has 3 amide bonds. The zero-order chi connectivity index (χ0) is 51.2. The van der Waals surface area contributed by atoms with E-state index < -0.39 is 18.1 Å². The molecule has 6 N–H and O–H groups in total. The number of rotatable bonds is 19. The van der Waals surface area contributed by atoms with E-state index in [1.165, 1.54) is 4.90 Å². The molecule has 9 rings (SSSR count). The minimum Gasteiger partial charge on any atom is -0.507 e. The van der Waals surface area contributed by atoms with Crippen LogP contribution in [0.2, 0.25) is 0 Å². The number of anilines is 1. The van der Waals surface area contributed by atoms with E-state index in [9.17, 15) is 24.6 Å². The topological polar surface area (TPSA) is 231 Å². The summed E-state index contributed by atoms with van der Waals surface area (Å²) in [6.07, 6.45) is 3.81. The SMILES string of the molecule is Cc1ncsc1-c1ccc([C@H](C)NC(=O)[C@@H]2C[C@@H](O)CN2C(=O)[C@@H](c2cc(OCCN3CCC4(CC3)CC(C(=O)NCc3ccc(CCOc5cc(-c6ccccc6O)nnc5N)cc3)C4)no2)C(C)C)cc1. The number of nitrogen functional groups attached to an aromatic ring is 1. The van der Waals surface area contributed by atoms with E-state index in [0.29, 0.717) is 61.4 Å². The summed E-state index contributed by atoms with van der Waals surface area (Å²) in [4.78, 5) is 50.4. The number of benzene rings is 3. The van der Waals surface area contributed by atoms with Crippen molar-refractivity contribution in [3.63, 3.8) is 0 Å². The minimum atomic E-state index is -0.835. The van der Waals surface area contributed by atoms with Crippen LogP contribution in [0.5, 0.6) is 17.4 Å². The summed E-state index contributed by atoms with van der Waals surface area (Å²) >= 11 is 1.59. The number of amides is 3. The first kappa shape index (κ1) is 51.0. The fourth-order valence-corrected chi connectivity index (χ4v) is 11.3. The van der Waals surface area contributed by atoms with Crippen LogP contribution in [0.1, 0.15) is 93.0 Å². The van der Waals surface area contributed by atoms with Gasteiger partial charge in [-0.2, -0.15) is 0 Å². The minimum absolute atomic E-state index is 0.0198. The zero-order valence-electron chi connectivity index (χ0n) is 41.8. The number of thiazole rings is 1. The van der Waals surface area contributed by atoms with Crippen molar-refractivity contribution >= 4 is 34.9 Å². The number of aliphatic hydroxyl groups is 1. The Morgan fingerprint density at radius 3 is 2.38 bits per heavy atom. The number of carbonyl (C=O) groups is 3. The number of aromatic hydroxyl groups is 1. The Morgan fingerprint density at radius 1 is 0.932 bits per heavy atom. The number of hydrogen-bond acceptors (Lipinski definition) is 15. The van der Waals surface area contributed by atoms with Crippen molar-refractivity contribution in [2.24, 2.45) is 17.3 Å². The second-order valence-corrected chi connectivity index (χ2v) is 21.1. The number of aliphatic hydroxyl groups excluding tert-OH is 1. The van der Waals surface area contributed by atoms with Crippen LogP contribution >= 0.6 is 11.3 Å². The number of aryl methyl sites for hydroxylation is 1. The fourth-order valence-electron chi connectivity index (χ4n) is 10.5. The number of nitrogens with zero attached hydrogens (tertiary/aromatic N) is 6. The van der Waals surface area contributed by atoms with Gasteiger partial charge in [-0.3, -0.25) is 19.3 Å². The second-order valence-electron chi connectivity index (χ2n) is 20.2. The fraction of sp³-hybridized carbons (Fsp3) is 0.436. The number of β-amino-alcohol motifs (C(OH)–C–C–N with tert-alkyl or cyclic N) is 1. The Hall–Kier alpha value is -6.89. The van der Waals surface area contributed by atoms with Crippen LogP contribution in [0.4, 0.5) is 5.82 Å². The van der Waals surface area contributed by atoms with Crippen LogP contribution < -0.4 is 25.8 Å². The summed E-state index contributed by atoms with van der Waals surface area (Å²) in [7, 11) is 0. The number of carbonyl (C=O) groups excluding carboxylic acids is 3. The van der Waals surface area contributed by atoms with Gasteiger partial charge < -0.3 is 45.5 Å². The van der Waals surface area contributed by atoms with Crippen molar-refractivity contribution in [1.82, 2.24) is 40.8 Å². The monoisotopic (exact) mass is 1010 g/mol. The first-order valence-electron chi connectivity index (χ1n) is 25.2. The van der Waals surface area contributed by atoms with Crippen molar-refractivity contribution in [2.45, 2.75) is 96.9 Å². The Bertz CT molecular complexity index is 2860. The molecule has 17 nitrogen and oxygen atoms in total. The third kappa shape index (κ3) is 12.0. The molecule has 4 atom stereocenters. The lowest BCUT2D eigenvalue weighted by atomic mass is 9.57. The molecule has 0 radical (unpaired) electrons. The van der Waals surface area contributed by atoms with Gasteiger partial charge in [-0.15, -0.1) is 21.5 Å². The van der Waals surface area contributed by atoms with Gasteiger partial charge in [0.2, 0.25) is 17.7 Å². The van der Waals surface area contributed by atoms with Crippen molar-refractivity contribution in [3.05, 3.63) is 119 Å². The van der Waals surface area contributed by atoms with Crippen molar-refractivity contribution < 1.29 is 38.6 Å².